The second kappa shape index (κ2) is 6.68. The molecule has 3 aromatic rings. The van der Waals surface area contributed by atoms with Gasteiger partial charge in [-0.25, -0.2) is 9.78 Å². The van der Waals surface area contributed by atoms with Gasteiger partial charge in [-0.3, -0.25) is 14.8 Å². The quantitative estimate of drug-likeness (QED) is 0.697. The number of nitrogens with one attached hydrogen (secondary N) is 1. The molecule has 1 unspecified atom stereocenters. The van der Waals surface area contributed by atoms with Gasteiger partial charge in [0.05, 0.1) is 22.2 Å². The summed E-state index contributed by atoms with van der Waals surface area (Å²) in [5.74, 6) is -0.568. The summed E-state index contributed by atoms with van der Waals surface area (Å²) in [7, 11) is 0. The number of hydrazone groups is 1. The third-order valence-electron chi connectivity index (χ3n) is 4.74. The first-order chi connectivity index (χ1) is 13.0. The Balaban J connectivity index is 1.86. The molecule has 0 amide bonds. The second-order valence-electron chi connectivity index (χ2n) is 6.57. The largest absolute Gasteiger partial charge is 0.478 e. The highest BCUT2D eigenvalue weighted by molar-refractivity contribution is 6.00. The van der Waals surface area contributed by atoms with Crippen molar-refractivity contribution in [2.75, 3.05) is 5.43 Å². The first kappa shape index (κ1) is 17.0. The Morgan fingerprint density at radius 2 is 2.04 bits per heavy atom. The third kappa shape index (κ3) is 3.08. The van der Waals surface area contributed by atoms with Crippen LogP contribution >= 0.6 is 0 Å². The zero-order chi connectivity index (χ0) is 19.0. The van der Waals surface area contributed by atoms with Crippen LogP contribution in [0.4, 0.5) is 5.69 Å². The van der Waals surface area contributed by atoms with Crippen molar-refractivity contribution in [3.8, 4) is 0 Å². The molecule has 0 saturated carbocycles. The molecule has 136 valence electrons. The van der Waals surface area contributed by atoms with Crippen molar-refractivity contribution in [3.05, 3.63) is 70.3 Å². The fraction of sp³-hybridized carbons (Fsp3) is 0.200. The minimum absolute atomic E-state index is 0.000717. The van der Waals surface area contributed by atoms with Gasteiger partial charge in [0.1, 0.15) is 5.71 Å². The van der Waals surface area contributed by atoms with Crippen LogP contribution in [0.25, 0.3) is 10.9 Å². The molecule has 0 bridgehead atoms. The molecule has 0 spiro atoms. The van der Waals surface area contributed by atoms with E-state index in [9.17, 15) is 14.7 Å². The highest BCUT2D eigenvalue weighted by Gasteiger charge is 2.25. The van der Waals surface area contributed by atoms with Crippen LogP contribution in [0.3, 0.4) is 0 Å². The number of rotatable bonds is 3. The lowest BCUT2D eigenvalue weighted by atomic mass is 10.0. The number of aromatic carboxylic acids is 1. The van der Waals surface area contributed by atoms with E-state index >= 15 is 0 Å². The number of carboxylic acids is 1. The summed E-state index contributed by atoms with van der Waals surface area (Å²) in [6.07, 6.45) is 1.46. The Morgan fingerprint density at radius 1 is 1.26 bits per heavy atom. The van der Waals surface area contributed by atoms with E-state index in [0.29, 0.717) is 28.9 Å². The van der Waals surface area contributed by atoms with E-state index in [1.165, 1.54) is 18.2 Å². The fourth-order valence-electron chi connectivity index (χ4n) is 3.28. The highest BCUT2D eigenvalue weighted by atomic mass is 16.4. The van der Waals surface area contributed by atoms with Gasteiger partial charge >= 0.3 is 5.97 Å². The Labute approximate surface area is 155 Å². The minimum atomic E-state index is -1.05. The molecule has 0 fully saturated rings. The van der Waals surface area contributed by atoms with Gasteiger partial charge in [0, 0.05) is 6.04 Å². The average molecular weight is 362 g/mol. The lowest BCUT2D eigenvalue weighted by Crippen LogP contribution is -2.34. The SMILES string of the molecule is CC1CCC(=NNc2ccccc2)c2nc3cc(C(=O)O)ccc3c(=O)n21. The van der Waals surface area contributed by atoms with Gasteiger partial charge in [-0.1, -0.05) is 18.2 Å². The molecule has 2 N–H and O–H groups in total. The molecule has 0 saturated heterocycles. The summed E-state index contributed by atoms with van der Waals surface area (Å²) >= 11 is 0. The predicted molar refractivity (Wildman–Crippen MR) is 104 cm³/mol. The van der Waals surface area contributed by atoms with Crippen LogP contribution < -0.4 is 11.0 Å². The maximum atomic E-state index is 13.0. The monoisotopic (exact) mass is 362 g/mol. The van der Waals surface area contributed by atoms with Crippen molar-refractivity contribution in [2.24, 2.45) is 5.10 Å². The molecule has 7 heteroatoms. The van der Waals surface area contributed by atoms with Crippen molar-refractivity contribution in [3.63, 3.8) is 0 Å². The summed E-state index contributed by atoms with van der Waals surface area (Å²) < 4.78 is 1.65. The molecule has 2 heterocycles. The Bertz CT molecular complexity index is 1120. The molecular formula is C20H18N4O3. The van der Waals surface area contributed by atoms with Gasteiger partial charge in [-0.05, 0) is 50.1 Å². The Hall–Kier alpha value is -3.48. The van der Waals surface area contributed by atoms with Crippen LogP contribution in [0.5, 0.6) is 0 Å². The topological polar surface area (TPSA) is 96.6 Å². The van der Waals surface area contributed by atoms with E-state index < -0.39 is 5.97 Å². The average Bonchev–Trinajstić information content (AvgIpc) is 2.68. The smallest absolute Gasteiger partial charge is 0.335 e. The number of anilines is 1. The van der Waals surface area contributed by atoms with E-state index in [1.807, 2.05) is 37.3 Å². The molecule has 0 radical (unpaired) electrons. The van der Waals surface area contributed by atoms with Gasteiger partial charge in [-0.2, -0.15) is 5.10 Å². The first-order valence-corrected chi connectivity index (χ1v) is 8.72. The lowest BCUT2D eigenvalue weighted by molar-refractivity contribution is 0.0697. The molecule has 1 aliphatic rings. The first-order valence-electron chi connectivity index (χ1n) is 8.72. The standard InChI is InChI=1S/C20H18N4O3/c1-12-7-10-16(23-22-14-5-3-2-4-6-14)18-21-17-11-13(20(26)27)8-9-15(17)19(25)24(12)18/h2-6,8-9,11-12,22H,7,10H2,1H3,(H,26,27). The van der Waals surface area contributed by atoms with Gasteiger partial charge in [-0.15, -0.1) is 0 Å². The maximum absolute atomic E-state index is 13.0. The third-order valence-corrected chi connectivity index (χ3v) is 4.74. The van der Waals surface area contributed by atoms with Crippen LogP contribution in [0, 0.1) is 0 Å². The van der Waals surface area contributed by atoms with Crippen LogP contribution in [0.15, 0.2) is 58.4 Å². The van der Waals surface area contributed by atoms with E-state index in [4.69, 9.17) is 0 Å². The van der Waals surface area contributed by atoms with Gasteiger partial charge < -0.3 is 5.11 Å². The molecule has 1 atom stereocenters. The second-order valence-corrected chi connectivity index (χ2v) is 6.57. The summed E-state index contributed by atoms with van der Waals surface area (Å²) in [6.45, 7) is 1.98. The molecule has 0 aliphatic carbocycles. The minimum Gasteiger partial charge on any atom is -0.478 e. The van der Waals surface area contributed by atoms with Crippen molar-refractivity contribution in [2.45, 2.75) is 25.8 Å². The van der Waals surface area contributed by atoms with Crippen molar-refractivity contribution in [1.82, 2.24) is 9.55 Å². The van der Waals surface area contributed by atoms with E-state index in [0.717, 1.165) is 12.1 Å². The lowest BCUT2D eigenvalue weighted by Gasteiger charge is -2.25. The normalized spacial score (nSPS) is 17.7. The molecule has 1 aromatic heterocycles. The Kier molecular flexibility index (Phi) is 4.19. The summed E-state index contributed by atoms with van der Waals surface area (Å²) in [5, 5.41) is 14.1. The summed E-state index contributed by atoms with van der Waals surface area (Å²) in [5.41, 5.74) is 4.82. The van der Waals surface area contributed by atoms with Crippen molar-refractivity contribution < 1.29 is 9.90 Å². The van der Waals surface area contributed by atoms with E-state index in [-0.39, 0.29) is 17.2 Å². The molecule has 1 aliphatic heterocycles. The number of para-hydroxylation sites is 1. The van der Waals surface area contributed by atoms with Gasteiger partial charge in [0.15, 0.2) is 5.82 Å². The molecule has 4 rings (SSSR count). The number of carboxylic acid groups (broad SMARTS) is 1. The number of fused-ring (bicyclic) bond motifs is 2. The summed E-state index contributed by atoms with van der Waals surface area (Å²) in [6, 6.07) is 13.9. The fourth-order valence-corrected chi connectivity index (χ4v) is 3.28. The van der Waals surface area contributed by atoms with Crippen LogP contribution in [0.1, 0.15) is 42.0 Å². The predicted octanol–water partition coefficient (Wildman–Crippen LogP) is 3.27. The number of hydrogen-bond acceptors (Lipinski definition) is 5. The number of aromatic nitrogens is 2. The molecule has 2 aromatic carbocycles. The zero-order valence-corrected chi connectivity index (χ0v) is 14.7. The number of benzene rings is 2. The zero-order valence-electron chi connectivity index (χ0n) is 14.7. The number of nitrogens with zero attached hydrogens (tertiary/aromatic N) is 3. The molecule has 27 heavy (non-hydrogen) atoms. The van der Waals surface area contributed by atoms with Gasteiger partial charge in [0.2, 0.25) is 0 Å². The summed E-state index contributed by atoms with van der Waals surface area (Å²) in [4.78, 5) is 28.8. The van der Waals surface area contributed by atoms with Crippen molar-refractivity contribution in [1.29, 1.82) is 0 Å². The highest BCUT2D eigenvalue weighted by Crippen LogP contribution is 2.24. The van der Waals surface area contributed by atoms with Gasteiger partial charge in [0.25, 0.3) is 5.56 Å². The van der Waals surface area contributed by atoms with E-state index in [2.05, 4.69) is 15.5 Å². The molecule has 7 nitrogen and oxygen atoms in total. The van der Waals surface area contributed by atoms with Crippen LogP contribution in [-0.2, 0) is 0 Å². The Morgan fingerprint density at radius 3 is 2.78 bits per heavy atom. The number of carbonyl (C=O) groups is 1. The maximum Gasteiger partial charge on any atom is 0.335 e. The van der Waals surface area contributed by atoms with E-state index in [1.54, 1.807) is 4.57 Å². The van der Waals surface area contributed by atoms with Crippen LogP contribution in [-0.4, -0.2) is 26.3 Å². The van der Waals surface area contributed by atoms with Crippen LogP contribution in [0.2, 0.25) is 0 Å². The van der Waals surface area contributed by atoms with Crippen molar-refractivity contribution >= 4 is 28.3 Å². The molecular weight excluding hydrogens is 344 g/mol. The number of hydrogen-bond donors (Lipinski definition) is 2.